The van der Waals surface area contributed by atoms with E-state index in [1.807, 2.05) is 60.7 Å². The molecule has 2 heterocycles. The van der Waals surface area contributed by atoms with E-state index in [0.717, 1.165) is 32.5 Å². The first-order chi connectivity index (χ1) is 17.5. The molecule has 0 aliphatic carbocycles. The Morgan fingerprint density at radius 3 is 2.72 bits per heavy atom. The average Bonchev–Trinajstić information content (AvgIpc) is 3.26. The number of ether oxygens (including phenoxy) is 1. The molecule has 2 amide bonds. The summed E-state index contributed by atoms with van der Waals surface area (Å²) < 4.78 is 5.19. The zero-order valence-electron chi connectivity index (χ0n) is 19.7. The molecule has 1 aromatic heterocycles. The maximum absolute atomic E-state index is 13.7. The number of amides is 2. The molecule has 8 heteroatoms. The zero-order chi connectivity index (χ0) is 25.1. The number of carbonyl (C=O) groups excluding carboxylic acids is 2. The van der Waals surface area contributed by atoms with Crippen LogP contribution in [0, 0.1) is 0 Å². The van der Waals surface area contributed by atoms with Crippen LogP contribution in [-0.4, -0.2) is 36.3 Å². The first kappa shape index (κ1) is 24.0. The molecule has 5 rings (SSSR count). The molecule has 1 aliphatic heterocycles. The van der Waals surface area contributed by atoms with Crippen molar-refractivity contribution in [1.29, 1.82) is 0 Å². The van der Waals surface area contributed by atoms with E-state index >= 15 is 0 Å². The Balaban J connectivity index is 1.52. The fourth-order valence-corrected chi connectivity index (χ4v) is 5.70. The van der Waals surface area contributed by atoms with E-state index in [0.29, 0.717) is 41.7 Å². The van der Waals surface area contributed by atoms with Gasteiger partial charge in [-0.1, -0.05) is 66.2 Å². The fourth-order valence-electron chi connectivity index (χ4n) is 4.31. The highest BCUT2D eigenvalue weighted by molar-refractivity contribution is 7.16. The quantitative estimate of drug-likeness (QED) is 0.288. The van der Waals surface area contributed by atoms with Gasteiger partial charge in [0.15, 0.2) is 0 Å². The maximum Gasteiger partial charge on any atom is 0.410 e. The number of carbonyl (C=O) groups is 2. The molecule has 0 atom stereocenters. The van der Waals surface area contributed by atoms with Gasteiger partial charge >= 0.3 is 6.09 Å². The molecule has 6 nitrogen and oxygen atoms in total. The molecule has 0 saturated heterocycles. The number of nitrogens with zero attached hydrogens (tertiary/aromatic N) is 2. The van der Waals surface area contributed by atoms with Gasteiger partial charge in [0.1, 0.15) is 5.00 Å². The van der Waals surface area contributed by atoms with Crippen LogP contribution in [0.5, 0.6) is 0 Å². The van der Waals surface area contributed by atoms with Gasteiger partial charge in [0.25, 0.3) is 5.91 Å². The van der Waals surface area contributed by atoms with Crippen LogP contribution >= 0.6 is 22.9 Å². The molecule has 1 N–H and O–H groups in total. The summed E-state index contributed by atoms with van der Waals surface area (Å²) in [6, 6.07) is 21.2. The van der Waals surface area contributed by atoms with E-state index in [9.17, 15) is 9.59 Å². The van der Waals surface area contributed by atoms with Gasteiger partial charge in [0, 0.05) is 39.3 Å². The summed E-state index contributed by atoms with van der Waals surface area (Å²) >= 11 is 7.73. The first-order valence-electron chi connectivity index (χ1n) is 11.7. The van der Waals surface area contributed by atoms with Gasteiger partial charge in [-0.05, 0) is 36.4 Å². The highest BCUT2D eigenvalue weighted by Crippen LogP contribution is 2.40. The van der Waals surface area contributed by atoms with Crippen molar-refractivity contribution in [3.05, 3.63) is 93.3 Å². The Kier molecular flexibility index (Phi) is 7.02. The molecule has 1 aliphatic rings. The lowest BCUT2D eigenvalue weighted by molar-refractivity contribution is 0.102. The summed E-state index contributed by atoms with van der Waals surface area (Å²) in [4.78, 5) is 33.3. The molecular formula is C28H24ClN3O3S. The van der Waals surface area contributed by atoms with Crippen molar-refractivity contribution in [2.45, 2.75) is 19.9 Å². The number of thiophene rings is 1. The lowest BCUT2D eigenvalue weighted by Crippen LogP contribution is -2.36. The minimum atomic E-state index is -0.348. The minimum Gasteiger partial charge on any atom is -0.450 e. The smallest absolute Gasteiger partial charge is 0.410 e. The van der Waals surface area contributed by atoms with E-state index in [1.54, 1.807) is 24.1 Å². The SMILES string of the molecule is CCOC(=O)N1CCc2c(sc(/N=C/c3ccccc3Cl)c2C(=O)Nc2cccc3ccccc23)C1. The number of fused-ring (bicyclic) bond motifs is 2. The van der Waals surface area contributed by atoms with E-state index in [-0.39, 0.29) is 12.0 Å². The molecule has 0 spiro atoms. The molecule has 0 unspecified atom stereocenters. The first-order valence-corrected chi connectivity index (χ1v) is 12.9. The van der Waals surface area contributed by atoms with Gasteiger partial charge in [-0.25, -0.2) is 9.79 Å². The summed E-state index contributed by atoms with van der Waals surface area (Å²) in [6.07, 6.45) is 1.88. The van der Waals surface area contributed by atoms with Gasteiger partial charge in [-0.2, -0.15) is 0 Å². The highest BCUT2D eigenvalue weighted by Gasteiger charge is 2.30. The lowest BCUT2D eigenvalue weighted by atomic mass is 10.0. The second-order valence-corrected chi connectivity index (χ2v) is 9.81. The third kappa shape index (κ3) is 4.85. The Morgan fingerprint density at radius 1 is 1.11 bits per heavy atom. The highest BCUT2D eigenvalue weighted by atomic mass is 35.5. The normalized spacial score (nSPS) is 13.1. The van der Waals surface area contributed by atoms with Crippen molar-refractivity contribution in [2.75, 3.05) is 18.5 Å². The number of halogens is 1. The van der Waals surface area contributed by atoms with Crippen molar-refractivity contribution in [1.82, 2.24) is 4.90 Å². The van der Waals surface area contributed by atoms with Crippen LogP contribution in [-0.2, 0) is 17.7 Å². The second-order valence-electron chi connectivity index (χ2n) is 8.31. The summed E-state index contributed by atoms with van der Waals surface area (Å²) in [5, 5.41) is 6.28. The lowest BCUT2D eigenvalue weighted by Gasteiger charge is -2.26. The van der Waals surface area contributed by atoms with Crippen LogP contribution < -0.4 is 5.32 Å². The number of anilines is 1. The summed E-state index contributed by atoms with van der Waals surface area (Å²) in [5.41, 5.74) is 2.96. The topological polar surface area (TPSA) is 71.0 Å². The molecule has 0 saturated carbocycles. The van der Waals surface area contributed by atoms with Gasteiger partial charge in [0.05, 0.1) is 18.7 Å². The monoisotopic (exact) mass is 517 g/mol. The molecule has 0 radical (unpaired) electrons. The number of hydrogen-bond donors (Lipinski definition) is 1. The van der Waals surface area contributed by atoms with E-state index < -0.39 is 0 Å². The number of aliphatic imine (C=N–C) groups is 1. The van der Waals surface area contributed by atoms with Crippen LogP contribution in [0.25, 0.3) is 10.8 Å². The Morgan fingerprint density at radius 2 is 1.89 bits per heavy atom. The summed E-state index contributed by atoms with van der Waals surface area (Å²) in [7, 11) is 0. The van der Waals surface area contributed by atoms with Crippen molar-refractivity contribution in [3.8, 4) is 0 Å². The maximum atomic E-state index is 13.7. The third-order valence-corrected chi connectivity index (χ3v) is 7.52. The zero-order valence-corrected chi connectivity index (χ0v) is 21.2. The summed E-state index contributed by atoms with van der Waals surface area (Å²) in [6.45, 7) is 2.97. The number of benzene rings is 3. The average molecular weight is 518 g/mol. The molecule has 0 fully saturated rings. The van der Waals surface area contributed by atoms with E-state index in [2.05, 4.69) is 10.3 Å². The number of nitrogens with one attached hydrogen (secondary N) is 1. The van der Waals surface area contributed by atoms with Crippen molar-refractivity contribution in [3.63, 3.8) is 0 Å². The summed E-state index contributed by atoms with van der Waals surface area (Å²) in [5.74, 6) is -0.222. The Hall–Kier alpha value is -3.68. The van der Waals surface area contributed by atoms with Crippen LogP contribution in [0.1, 0.15) is 33.3 Å². The Bertz CT molecular complexity index is 1470. The third-order valence-electron chi connectivity index (χ3n) is 6.06. The minimum absolute atomic E-state index is 0.222. The largest absolute Gasteiger partial charge is 0.450 e. The van der Waals surface area contributed by atoms with Gasteiger partial charge in [-0.15, -0.1) is 11.3 Å². The number of rotatable bonds is 5. The predicted octanol–water partition coefficient (Wildman–Crippen LogP) is 7.07. The van der Waals surface area contributed by atoms with Gasteiger partial charge < -0.3 is 15.0 Å². The molecule has 3 aromatic carbocycles. The molecular weight excluding hydrogens is 494 g/mol. The van der Waals surface area contributed by atoms with Crippen LogP contribution in [0.3, 0.4) is 0 Å². The van der Waals surface area contributed by atoms with Crippen LogP contribution in [0.2, 0.25) is 5.02 Å². The second kappa shape index (κ2) is 10.5. The van der Waals surface area contributed by atoms with Gasteiger partial charge in [0.2, 0.25) is 0 Å². The van der Waals surface area contributed by atoms with Crippen molar-refractivity contribution in [2.24, 2.45) is 4.99 Å². The fraction of sp³-hybridized carbons (Fsp3) is 0.179. The van der Waals surface area contributed by atoms with Crippen molar-refractivity contribution >= 4 is 62.6 Å². The Labute approximate surface area is 218 Å². The van der Waals surface area contributed by atoms with Crippen molar-refractivity contribution < 1.29 is 14.3 Å². The van der Waals surface area contributed by atoms with Crippen LogP contribution in [0.4, 0.5) is 15.5 Å². The van der Waals surface area contributed by atoms with E-state index in [4.69, 9.17) is 16.3 Å². The number of hydrogen-bond acceptors (Lipinski definition) is 5. The van der Waals surface area contributed by atoms with E-state index in [1.165, 1.54) is 11.3 Å². The molecule has 0 bridgehead atoms. The van der Waals surface area contributed by atoms with Gasteiger partial charge in [-0.3, -0.25) is 4.79 Å². The molecule has 182 valence electrons. The molecule has 4 aromatic rings. The molecule has 36 heavy (non-hydrogen) atoms. The standard InChI is InChI=1S/C28H24ClN3O3S/c1-2-35-28(34)32-15-14-21-24(17-32)36-27(30-16-19-9-4-6-12-22(19)29)25(21)26(33)31-23-13-7-10-18-8-3-5-11-20(18)23/h3-13,16H,2,14-15,17H2,1H3,(H,31,33)/b30-16+. The van der Waals surface area contributed by atoms with Crippen LogP contribution in [0.15, 0.2) is 71.7 Å². The predicted molar refractivity (Wildman–Crippen MR) is 146 cm³/mol.